The maximum Gasteiger partial charge on any atom is 0.173 e. The number of nitrogens with zero attached hydrogens (tertiary/aromatic N) is 1. The fourth-order valence-electron chi connectivity index (χ4n) is 3.37. The molecule has 2 aromatic carbocycles. The van der Waals surface area contributed by atoms with Crippen LogP contribution in [0.2, 0.25) is 5.02 Å². The lowest BCUT2D eigenvalue weighted by Gasteiger charge is -2.37. The van der Waals surface area contributed by atoms with Gasteiger partial charge in [0.2, 0.25) is 0 Å². The van der Waals surface area contributed by atoms with Gasteiger partial charge in [0.15, 0.2) is 10.9 Å². The molecular formula is C22H23ClN2O2S. The van der Waals surface area contributed by atoms with Crippen molar-refractivity contribution < 1.29 is 9.53 Å². The first-order chi connectivity index (χ1) is 13.4. The van der Waals surface area contributed by atoms with Crippen LogP contribution < -0.4 is 10.1 Å². The molecule has 1 unspecified atom stereocenters. The van der Waals surface area contributed by atoms with Gasteiger partial charge in [-0.1, -0.05) is 35.9 Å². The molecule has 1 heterocycles. The maximum absolute atomic E-state index is 12.3. The largest absolute Gasteiger partial charge is 0.489 e. The van der Waals surface area contributed by atoms with Gasteiger partial charge in [-0.15, -0.1) is 0 Å². The van der Waals surface area contributed by atoms with Gasteiger partial charge in [0.05, 0.1) is 6.04 Å². The number of ether oxygens (including phenoxy) is 1. The Kier molecular flexibility index (Phi) is 6.37. The number of benzene rings is 2. The third-order valence-electron chi connectivity index (χ3n) is 4.82. The highest BCUT2D eigenvalue weighted by Crippen LogP contribution is 2.31. The van der Waals surface area contributed by atoms with E-state index in [0.29, 0.717) is 16.7 Å². The van der Waals surface area contributed by atoms with E-state index in [1.54, 1.807) is 6.92 Å². The van der Waals surface area contributed by atoms with Crippen LogP contribution in [0.4, 0.5) is 0 Å². The molecule has 0 saturated heterocycles. The lowest BCUT2D eigenvalue weighted by Crippen LogP contribution is -2.47. The van der Waals surface area contributed by atoms with Gasteiger partial charge in [-0.25, -0.2) is 0 Å². The van der Waals surface area contributed by atoms with Crippen molar-refractivity contribution >= 4 is 34.7 Å². The predicted molar refractivity (Wildman–Crippen MR) is 116 cm³/mol. The summed E-state index contributed by atoms with van der Waals surface area (Å²) in [6.07, 6.45) is 0. The van der Waals surface area contributed by atoms with E-state index < -0.39 is 0 Å². The molecule has 28 heavy (non-hydrogen) atoms. The number of halogens is 1. The van der Waals surface area contributed by atoms with Gasteiger partial charge in [-0.05, 0) is 68.4 Å². The summed E-state index contributed by atoms with van der Waals surface area (Å²) in [4.78, 5) is 14.3. The quantitative estimate of drug-likeness (QED) is 0.671. The second kappa shape index (κ2) is 8.76. The van der Waals surface area contributed by atoms with Gasteiger partial charge >= 0.3 is 0 Å². The fraction of sp³-hybridized carbons (Fsp3) is 0.273. The Morgan fingerprint density at radius 1 is 1.18 bits per heavy atom. The third kappa shape index (κ3) is 4.37. The van der Waals surface area contributed by atoms with Crippen molar-refractivity contribution in [3.63, 3.8) is 0 Å². The summed E-state index contributed by atoms with van der Waals surface area (Å²) in [5.41, 5.74) is 3.67. The number of hydrogen-bond donors (Lipinski definition) is 1. The average Bonchev–Trinajstić information content (AvgIpc) is 2.67. The minimum absolute atomic E-state index is 0.0408. The van der Waals surface area contributed by atoms with Gasteiger partial charge in [-0.2, -0.15) is 0 Å². The van der Waals surface area contributed by atoms with Crippen molar-refractivity contribution in [1.29, 1.82) is 0 Å². The normalized spacial score (nSPS) is 16.8. The number of carbonyl (C=O) groups excluding carboxylic acids is 1. The van der Waals surface area contributed by atoms with Crippen molar-refractivity contribution in [3.8, 4) is 5.75 Å². The monoisotopic (exact) mass is 414 g/mol. The summed E-state index contributed by atoms with van der Waals surface area (Å²) in [5.74, 6) is 0.802. The SMILES string of the molecule is CCN1C(=S)NC(c2ccc(OCc3ccc(Cl)cc3)cc2)C(C(C)=O)=C1C. The first kappa shape index (κ1) is 20.4. The van der Waals surface area contributed by atoms with Gasteiger partial charge in [0.25, 0.3) is 0 Å². The number of thiocarbonyl (C=S) groups is 1. The number of nitrogens with one attached hydrogen (secondary N) is 1. The van der Waals surface area contributed by atoms with E-state index >= 15 is 0 Å². The Morgan fingerprint density at radius 3 is 2.39 bits per heavy atom. The van der Waals surface area contributed by atoms with Crippen molar-refractivity contribution in [3.05, 3.63) is 76.0 Å². The summed E-state index contributed by atoms with van der Waals surface area (Å²) >= 11 is 11.4. The van der Waals surface area contributed by atoms with Crippen LogP contribution in [0, 0.1) is 0 Å². The van der Waals surface area contributed by atoms with E-state index in [9.17, 15) is 4.79 Å². The Morgan fingerprint density at radius 2 is 1.82 bits per heavy atom. The topological polar surface area (TPSA) is 41.6 Å². The highest BCUT2D eigenvalue weighted by molar-refractivity contribution is 7.80. The van der Waals surface area contributed by atoms with Gasteiger partial charge in [0.1, 0.15) is 12.4 Å². The van der Waals surface area contributed by atoms with E-state index in [1.165, 1.54) is 0 Å². The van der Waals surface area contributed by atoms with Gasteiger partial charge < -0.3 is 15.0 Å². The first-order valence-corrected chi connectivity index (χ1v) is 9.96. The average molecular weight is 415 g/mol. The lowest BCUT2D eigenvalue weighted by atomic mass is 9.92. The molecule has 3 rings (SSSR count). The number of hydrogen-bond acceptors (Lipinski definition) is 3. The lowest BCUT2D eigenvalue weighted by molar-refractivity contribution is -0.114. The Hall–Kier alpha value is -2.37. The molecule has 0 aliphatic carbocycles. The highest BCUT2D eigenvalue weighted by atomic mass is 35.5. The maximum atomic E-state index is 12.3. The zero-order chi connectivity index (χ0) is 20.3. The molecule has 0 saturated carbocycles. The molecular weight excluding hydrogens is 392 g/mol. The van der Waals surface area contributed by atoms with Crippen molar-refractivity contribution in [2.24, 2.45) is 0 Å². The van der Waals surface area contributed by atoms with Crippen LogP contribution >= 0.6 is 23.8 Å². The number of rotatable bonds is 6. The summed E-state index contributed by atoms with van der Waals surface area (Å²) < 4.78 is 5.85. The summed E-state index contributed by atoms with van der Waals surface area (Å²) in [5, 5.41) is 4.65. The Balaban J connectivity index is 1.78. The second-order valence-electron chi connectivity index (χ2n) is 6.67. The molecule has 0 spiro atoms. The van der Waals surface area contributed by atoms with Crippen LogP contribution in [-0.2, 0) is 11.4 Å². The van der Waals surface area contributed by atoms with Crippen LogP contribution in [0.3, 0.4) is 0 Å². The zero-order valence-corrected chi connectivity index (χ0v) is 17.7. The van der Waals surface area contributed by atoms with Crippen LogP contribution in [0.25, 0.3) is 0 Å². The van der Waals surface area contributed by atoms with Crippen LogP contribution in [0.15, 0.2) is 59.8 Å². The smallest absolute Gasteiger partial charge is 0.173 e. The standard InChI is InChI=1S/C22H23ClN2O2S/c1-4-25-14(2)20(15(3)26)21(24-22(25)28)17-7-11-19(12-8-17)27-13-16-5-9-18(23)10-6-16/h5-12,21H,4,13H2,1-3H3,(H,24,28). The van der Waals surface area contributed by atoms with Crippen LogP contribution in [0.5, 0.6) is 5.75 Å². The van der Waals surface area contributed by atoms with Crippen molar-refractivity contribution in [2.75, 3.05) is 6.54 Å². The second-order valence-corrected chi connectivity index (χ2v) is 7.49. The summed E-state index contributed by atoms with van der Waals surface area (Å²) in [7, 11) is 0. The summed E-state index contributed by atoms with van der Waals surface area (Å²) in [6.45, 7) is 6.75. The zero-order valence-electron chi connectivity index (χ0n) is 16.2. The van der Waals surface area contributed by atoms with Gasteiger partial charge in [0, 0.05) is 22.8 Å². The van der Waals surface area contributed by atoms with E-state index in [4.69, 9.17) is 28.6 Å². The molecule has 1 N–H and O–H groups in total. The molecule has 0 amide bonds. The number of ketones is 1. The number of Topliss-reactive ketones (excluding diaryl/α,β-unsaturated/α-hetero) is 1. The number of carbonyl (C=O) groups is 1. The van der Waals surface area contributed by atoms with E-state index in [1.807, 2.05) is 67.3 Å². The highest BCUT2D eigenvalue weighted by Gasteiger charge is 2.31. The molecule has 1 aliphatic heterocycles. The van der Waals surface area contributed by atoms with Crippen LogP contribution in [0.1, 0.15) is 37.9 Å². The molecule has 4 nitrogen and oxygen atoms in total. The van der Waals surface area contributed by atoms with E-state index in [0.717, 1.165) is 34.7 Å². The molecule has 0 radical (unpaired) electrons. The summed E-state index contributed by atoms with van der Waals surface area (Å²) in [6, 6.07) is 15.1. The van der Waals surface area contributed by atoms with Crippen molar-refractivity contribution in [2.45, 2.75) is 33.4 Å². The first-order valence-electron chi connectivity index (χ1n) is 9.17. The van der Waals surface area contributed by atoms with Crippen LogP contribution in [-0.4, -0.2) is 22.3 Å². The molecule has 146 valence electrons. The molecule has 1 atom stereocenters. The van der Waals surface area contributed by atoms with Crippen molar-refractivity contribution in [1.82, 2.24) is 10.2 Å². The molecule has 0 fully saturated rings. The van der Waals surface area contributed by atoms with E-state index in [-0.39, 0.29) is 11.8 Å². The minimum atomic E-state index is -0.252. The molecule has 6 heteroatoms. The third-order valence-corrected chi connectivity index (χ3v) is 5.41. The fourth-order valence-corrected chi connectivity index (χ4v) is 3.88. The predicted octanol–water partition coefficient (Wildman–Crippen LogP) is 5.03. The van der Waals surface area contributed by atoms with E-state index in [2.05, 4.69) is 5.32 Å². The van der Waals surface area contributed by atoms with Gasteiger partial charge in [-0.3, -0.25) is 4.79 Å². The molecule has 0 bridgehead atoms. The molecule has 1 aliphatic rings. The minimum Gasteiger partial charge on any atom is -0.489 e. The molecule has 2 aromatic rings. The Labute approximate surface area is 176 Å². The molecule has 0 aromatic heterocycles. The Bertz CT molecular complexity index is 907. The number of allylic oxidation sites excluding steroid dienone is 1.